The second-order valence-corrected chi connectivity index (χ2v) is 7.01. The summed E-state index contributed by atoms with van der Waals surface area (Å²) < 4.78 is 82.9. The zero-order valence-corrected chi connectivity index (χ0v) is 16.8. The summed E-state index contributed by atoms with van der Waals surface area (Å²) in [6, 6.07) is 8.12. The molecule has 3 aromatic rings. The number of halogens is 7. The van der Waals surface area contributed by atoms with E-state index in [1.165, 1.54) is 6.07 Å². The minimum atomic E-state index is -5.05. The van der Waals surface area contributed by atoms with Gasteiger partial charge in [-0.1, -0.05) is 16.8 Å². The van der Waals surface area contributed by atoms with E-state index in [2.05, 4.69) is 10.6 Å². The maximum Gasteiger partial charge on any atom is 0.416 e. The Labute approximate surface area is 186 Å². The number of nitrogens with zero attached hydrogens (tertiary/aromatic N) is 2. The van der Waals surface area contributed by atoms with Crippen LogP contribution in [0, 0.1) is 11.3 Å². The smallest absolute Gasteiger partial charge is 0.356 e. The molecule has 0 aliphatic carbocycles. The lowest BCUT2D eigenvalue weighted by molar-refractivity contribution is -0.143. The van der Waals surface area contributed by atoms with Gasteiger partial charge in [0.1, 0.15) is 0 Å². The van der Waals surface area contributed by atoms with Crippen LogP contribution in [0.25, 0.3) is 11.3 Å². The summed E-state index contributed by atoms with van der Waals surface area (Å²) in [5.41, 5.74) is 0.596. The number of rotatable bonds is 6. The number of benzene rings is 2. The number of alkyl halides is 6. The highest BCUT2D eigenvalue weighted by atomic mass is 35.5. The van der Waals surface area contributed by atoms with E-state index in [0.717, 1.165) is 0 Å². The number of carbonyl (C=O) groups excluding carboxylic acids is 1. The third-order valence-corrected chi connectivity index (χ3v) is 4.48. The Balaban J connectivity index is 1.79. The first-order valence-electron chi connectivity index (χ1n) is 8.86. The second-order valence-electron chi connectivity index (χ2n) is 6.57. The van der Waals surface area contributed by atoms with E-state index in [9.17, 15) is 36.4 Å². The fraction of sp³-hybridized carbons (Fsp3) is 0.150. The minimum Gasteiger partial charge on any atom is -0.356 e. The molecular formula is C20H11ClF6N4O2. The topological polar surface area (TPSA) is 91.0 Å². The van der Waals surface area contributed by atoms with Crippen LogP contribution in [-0.4, -0.2) is 17.0 Å². The van der Waals surface area contributed by atoms with Gasteiger partial charge in [0.15, 0.2) is 17.5 Å². The first-order chi connectivity index (χ1) is 15.4. The largest absolute Gasteiger partial charge is 0.416 e. The molecule has 1 atom stereocenters. The lowest BCUT2D eigenvalue weighted by Gasteiger charge is -2.16. The van der Waals surface area contributed by atoms with Gasteiger partial charge >= 0.3 is 12.4 Å². The normalized spacial score (nSPS) is 12.8. The van der Waals surface area contributed by atoms with E-state index in [1.54, 1.807) is 30.3 Å². The van der Waals surface area contributed by atoms with Crippen molar-refractivity contribution < 1.29 is 35.7 Å². The first kappa shape index (κ1) is 24.1. The van der Waals surface area contributed by atoms with Crippen LogP contribution in [0.5, 0.6) is 0 Å². The van der Waals surface area contributed by atoms with Crippen molar-refractivity contribution in [3.05, 3.63) is 70.4 Å². The number of hydrogen-bond acceptors (Lipinski definition) is 6. The molecule has 1 aromatic heterocycles. The molecule has 1 unspecified atom stereocenters. The summed E-state index contributed by atoms with van der Waals surface area (Å²) in [5.74, 6) is -0.760. The highest BCUT2D eigenvalue weighted by Gasteiger charge is 2.37. The Morgan fingerprint density at radius 3 is 2.09 bits per heavy atom. The lowest BCUT2D eigenvalue weighted by Crippen LogP contribution is -2.39. The maximum absolute atomic E-state index is 13.0. The molecule has 13 heteroatoms. The van der Waals surface area contributed by atoms with Crippen LogP contribution in [0.3, 0.4) is 0 Å². The van der Waals surface area contributed by atoms with E-state index in [1.807, 2.05) is 5.43 Å². The number of aromatic nitrogens is 1. The standard InChI is InChI=1S/C20H11ClF6N4O2/c21-13-3-1-10(2-4-13)17-8-15(31-33-17)18(32)16(9-28)30-29-14-6-11(19(22,23)24)5-12(7-14)20(25,26)27/h1-8,16,29-30H. The molecule has 172 valence electrons. The summed E-state index contributed by atoms with van der Waals surface area (Å²) in [7, 11) is 0. The fourth-order valence-electron chi connectivity index (χ4n) is 2.63. The monoisotopic (exact) mass is 488 g/mol. The fourth-order valence-corrected chi connectivity index (χ4v) is 2.75. The van der Waals surface area contributed by atoms with Crippen molar-refractivity contribution in [1.82, 2.24) is 10.6 Å². The minimum absolute atomic E-state index is 0.0498. The predicted octanol–water partition coefficient (Wildman–Crippen LogP) is 5.72. The number of ketones is 1. The second kappa shape index (κ2) is 9.13. The summed E-state index contributed by atoms with van der Waals surface area (Å²) in [6.07, 6.45) is -10.1. The first-order valence-corrected chi connectivity index (χ1v) is 9.24. The van der Waals surface area contributed by atoms with E-state index in [4.69, 9.17) is 16.1 Å². The molecule has 2 aromatic carbocycles. The Morgan fingerprint density at radius 2 is 1.58 bits per heavy atom. The molecule has 0 saturated carbocycles. The molecule has 0 aliphatic heterocycles. The van der Waals surface area contributed by atoms with Crippen molar-refractivity contribution in [3.8, 4) is 17.4 Å². The Hall–Kier alpha value is -3.56. The highest BCUT2D eigenvalue weighted by Crippen LogP contribution is 2.37. The van der Waals surface area contributed by atoms with Crippen LogP contribution >= 0.6 is 11.6 Å². The molecule has 1 heterocycles. The van der Waals surface area contributed by atoms with Crippen molar-refractivity contribution in [2.24, 2.45) is 0 Å². The predicted molar refractivity (Wildman–Crippen MR) is 104 cm³/mol. The number of nitrogens with one attached hydrogen (secondary N) is 2. The molecule has 0 bridgehead atoms. The van der Waals surface area contributed by atoms with Gasteiger partial charge in [-0.25, -0.2) is 5.43 Å². The summed E-state index contributed by atoms with van der Waals surface area (Å²) in [5, 5.41) is 13.3. The molecule has 0 spiro atoms. The molecule has 0 amide bonds. The molecule has 2 N–H and O–H groups in total. The van der Waals surface area contributed by atoms with Crippen LogP contribution in [0.2, 0.25) is 5.02 Å². The van der Waals surface area contributed by atoms with E-state index in [-0.39, 0.29) is 17.5 Å². The molecule has 3 rings (SSSR count). The van der Waals surface area contributed by atoms with E-state index < -0.39 is 41.0 Å². The number of nitriles is 1. The van der Waals surface area contributed by atoms with Gasteiger partial charge in [0.2, 0.25) is 5.78 Å². The molecular weight excluding hydrogens is 478 g/mol. The van der Waals surface area contributed by atoms with Gasteiger partial charge < -0.3 is 9.95 Å². The highest BCUT2D eigenvalue weighted by molar-refractivity contribution is 6.30. The zero-order valence-electron chi connectivity index (χ0n) is 16.1. The Morgan fingerprint density at radius 1 is 1.00 bits per heavy atom. The van der Waals surface area contributed by atoms with Crippen LogP contribution in [0.4, 0.5) is 32.0 Å². The van der Waals surface area contributed by atoms with Gasteiger partial charge in [0, 0.05) is 22.3 Å². The van der Waals surface area contributed by atoms with Gasteiger partial charge in [-0.3, -0.25) is 4.79 Å². The van der Waals surface area contributed by atoms with E-state index >= 15 is 0 Å². The average Bonchev–Trinajstić information content (AvgIpc) is 3.23. The molecule has 0 saturated heterocycles. The molecule has 6 nitrogen and oxygen atoms in total. The number of anilines is 1. The quantitative estimate of drug-likeness (QED) is 0.262. The number of hydrogen-bond donors (Lipinski definition) is 2. The SMILES string of the molecule is N#CC(NNc1cc(C(F)(F)F)cc(C(F)(F)F)c1)C(=O)c1cc(-c2ccc(Cl)cc2)on1. The Kier molecular flexibility index (Phi) is 6.66. The molecule has 33 heavy (non-hydrogen) atoms. The van der Waals surface area contributed by atoms with Crippen molar-refractivity contribution >= 4 is 23.1 Å². The van der Waals surface area contributed by atoms with Gasteiger partial charge in [-0.2, -0.15) is 31.6 Å². The van der Waals surface area contributed by atoms with Crippen LogP contribution in [-0.2, 0) is 12.4 Å². The third-order valence-electron chi connectivity index (χ3n) is 4.23. The number of Topliss-reactive ketones (excluding diaryl/α,β-unsaturated/α-hetero) is 1. The van der Waals surface area contributed by atoms with Crippen molar-refractivity contribution in [2.75, 3.05) is 5.43 Å². The maximum atomic E-state index is 13.0. The molecule has 0 fully saturated rings. The van der Waals surface area contributed by atoms with Crippen LogP contribution < -0.4 is 10.9 Å². The van der Waals surface area contributed by atoms with Crippen molar-refractivity contribution in [3.63, 3.8) is 0 Å². The van der Waals surface area contributed by atoms with E-state index in [0.29, 0.717) is 22.7 Å². The lowest BCUT2D eigenvalue weighted by atomic mass is 10.1. The zero-order chi connectivity index (χ0) is 24.4. The molecule has 0 aliphatic rings. The average molecular weight is 489 g/mol. The summed E-state index contributed by atoms with van der Waals surface area (Å²) in [4.78, 5) is 12.5. The number of carbonyl (C=O) groups is 1. The van der Waals surface area contributed by atoms with Gasteiger partial charge in [0.25, 0.3) is 0 Å². The molecule has 0 radical (unpaired) electrons. The van der Waals surface area contributed by atoms with Gasteiger partial charge in [-0.05, 0) is 42.5 Å². The Bertz CT molecular complexity index is 1170. The van der Waals surface area contributed by atoms with Crippen molar-refractivity contribution in [1.29, 1.82) is 5.26 Å². The van der Waals surface area contributed by atoms with Crippen LogP contribution in [0.1, 0.15) is 21.6 Å². The van der Waals surface area contributed by atoms with Crippen molar-refractivity contribution in [2.45, 2.75) is 18.4 Å². The summed E-state index contributed by atoms with van der Waals surface area (Å²) >= 11 is 5.79. The van der Waals surface area contributed by atoms with Gasteiger partial charge in [0.05, 0.1) is 17.2 Å². The number of hydrazine groups is 1. The van der Waals surface area contributed by atoms with Gasteiger partial charge in [-0.15, -0.1) is 0 Å². The third kappa shape index (κ3) is 5.82. The van der Waals surface area contributed by atoms with Crippen LogP contribution in [0.15, 0.2) is 53.1 Å². The summed E-state index contributed by atoms with van der Waals surface area (Å²) in [6.45, 7) is 0.